The molecule has 0 bridgehead atoms. The van der Waals surface area contributed by atoms with Gasteiger partial charge in [-0.3, -0.25) is 14.4 Å². The van der Waals surface area contributed by atoms with E-state index in [0.717, 1.165) is 0 Å². The van der Waals surface area contributed by atoms with Crippen LogP contribution in [0.5, 0.6) is 0 Å². The van der Waals surface area contributed by atoms with Crippen molar-refractivity contribution in [1.82, 2.24) is 15.5 Å². The Morgan fingerprint density at radius 1 is 0.641 bits per heavy atom. The maximum Gasteiger partial charge on any atom is 0.507 e. The summed E-state index contributed by atoms with van der Waals surface area (Å²) in [6.45, 7) is 8.55. The Labute approximate surface area is 234 Å². The Hall–Kier alpha value is -3.87. The first-order valence-electron chi connectivity index (χ1n) is 11.2. The first-order chi connectivity index (χ1) is 18.0. The predicted molar refractivity (Wildman–Crippen MR) is 152 cm³/mol. The highest BCUT2D eigenvalue weighted by Gasteiger charge is 1.89. The molecule has 13 heteroatoms. The molecular formula is C26H51N3O10. The first kappa shape index (κ1) is 48.2. The largest absolute Gasteiger partial charge is 0.507 e. The van der Waals surface area contributed by atoms with Crippen LogP contribution in [-0.4, -0.2) is 106 Å². The molecular weight excluding hydrogens is 514 g/mol. The van der Waals surface area contributed by atoms with Gasteiger partial charge in [-0.2, -0.15) is 0 Å². The molecule has 0 aromatic heterocycles. The summed E-state index contributed by atoms with van der Waals surface area (Å²) in [5.41, 5.74) is 2.66. The average molecular weight is 566 g/mol. The number of hydrogen-bond acceptors (Lipinski definition) is 10. The van der Waals surface area contributed by atoms with Gasteiger partial charge in [-0.05, 0) is 13.8 Å². The smallest absolute Gasteiger partial charge is 0.469 e. The van der Waals surface area contributed by atoms with Crippen LogP contribution < -0.4 is 10.6 Å². The van der Waals surface area contributed by atoms with Crippen molar-refractivity contribution in [3.63, 3.8) is 0 Å². The number of hydrogen-bond donors (Lipinski definition) is 2. The summed E-state index contributed by atoms with van der Waals surface area (Å²) in [6, 6.07) is 8.48. The van der Waals surface area contributed by atoms with E-state index in [9.17, 15) is 24.0 Å². The van der Waals surface area contributed by atoms with E-state index in [1.54, 1.807) is 35.4 Å². The van der Waals surface area contributed by atoms with Crippen LogP contribution in [-0.2, 0) is 38.1 Å². The summed E-state index contributed by atoms with van der Waals surface area (Å²) in [5, 5.41) is 4.64. The maximum atomic E-state index is 10.1. The number of rotatable bonds is 0. The zero-order valence-corrected chi connectivity index (χ0v) is 26.3. The summed E-state index contributed by atoms with van der Waals surface area (Å²) in [4.78, 5) is 50.5. The molecule has 0 unspecified atom stereocenters. The molecule has 39 heavy (non-hydrogen) atoms. The lowest BCUT2D eigenvalue weighted by atomic mass is 10.2. The highest BCUT2D eigenvalue weighted by atomic mass is 16.7. The number of amides is 3. The molecule has 0 saturated carbocycles. The molecule has 0 aliphatic carbocycles. The summed E-state index contributed by atoms with van der Waals surface area (Å²) < 4.78 is 20.6. The number of nitrogens with zero attached hydrogens (tertiary/aromatic N) is 1. The van der Waals surface area contributed by atoms with Gasteiger partial charge in [0.15, 0.2) is 0 Å². The van der Waals surface area contributed by atoms with Crippen molar-refractivity contribution in [1.29, 1.82) is 0 Å². The van der Waals surface area contributed by atoms with Crippen LogP contribution in [0, 0.1) is 13.8 Å². The van der Waals surface area contributed by atoms with Crippen LogP contribution in [0.4, 0.5) is 9.59 Å². The Bertz CT molecular complexity index is 659. The van der Waals surface area contributed by atoms with Crippen LogP contribution >= 0.6 is 0 Å². The molecule has 230 valence electrons. The van der Waals surface area contributed by atoms with E-state index in [4.69, 9.17) is 0 Å². The molecule has 2 N–H and O–H groups in total. The predicted octanol–water partition coefficient (Wildman–Crippen LogP) is 2.96. The average Bonchev–Trinajstić information content (AvgIpc) is 2.91. The third-order valence-corrected chi connectivity index (χ3v) is 3.21. The van der Waals surface area contributed by atoms with E-state index in [1.807, 2.05) is 0 Å². The second kappa shape index (κ2) is 38.7. The van der Waals surface area contributed by atoms with E-state index in [-0.39, 0.29) is 17.8 Å². The molecule has 0 heterocycles. The molecule has 0 fully saturated rings. The minimum absolute atomic E-state index is 0.00463. The molecule has 0 aliphatic rings. The van der Waals surface area contributed by atoms with E-state index in [2.05, 4.69) is 72.4 Å². The van der Waals surface area contributed by atoms with E-state index < -0.39 is 12.2 Å². The topological polar surface area (TPSA) is 159 Å². The number of methoxy groups -OCH3 is 5. The van der Waals surface area contributed by atoms with Crippen molar-refractivity contribution in [2.45, 2.75) is 34.6 Å². The molecule has 13 nitrogen and oxygen atoms in total. The van der Waals surface area contributed by atoms with Crippen molar-refractivity contribution in [2.24, 2.45) is 0 Å². The molecule has 1 aromatic rings. The minimum atomic E-state index is -0.657. The SMILES string of the molecule is CC(=O)N(C)C.CNC(=O)OC.CNC(C)=O.COC.COC(=O)OC.COC(C)=O.Cc1ccc(C)cc1. The normalized spacial score (nSPS) is 7.46. The van der Waals surface area contributed by atoms with Crippen molar-refractivity contribution >= 4 is 30.0 Å². The summed E-state index contributed by atoms with van der Waals surface area (Å²) >= 11 is 0. The number of carbonyl (C=O) groups excluding carboxylic acids is 5. The van der Waals surface area contributed by atoms with E-state index >= 15 is 0 Å². The van der Waals surface area contributed by atoms with Crippen molar-refractivity contribution in [3.8, 4) is 0 Å². The summed E-state index contributed by atoms with van der Waals surface area (Å²) in [6.07, 6.45) is -1.06. The van der Waals surface area contributed by atoms with Gasteiger partial charge in [-0.25, -0.2) is 9.59 Å². The highest BCUT2D eigenvalue weighted by molar-refractivity contribution is 5.72. The number of carbonyl (C=O) groups is 5. The van der Waals surface area contributed by atoms with Crippen LogP contribution in [0.15, 0.2) is 24.3 Å². The fourth-order valence-corrected chi connectivity index (χ4v) is 0.822. The second-order valence-electron chi connectivity index (χ2n) is 6.88. The minimum Gasteiger partial charge on any atom is -0.469 e. The summed E-state index contributed by atoms with van der Waals surface area (Å²) in [7, 11) is 15.0. The van der Waals surface area contributed by atoms with Gasteiger partial charge in [0.05, 0.1) is 28.4 Å². The Kier molecular flexibility index (Phi) is 47.8. The Balaban J connectivity index is -0.0000000828. The van der Waals surface area contributed by atoms with Gasteiger partial charge in [-0.15, -0.1) is 0 Å². The third kappa shape index (κ3) is 71.9. The number of alkyl carbamates (subject to hydrolysis) is 1. The van der Waals surface area contributed by atoms with Crippen molar-refractivity contribution in [3.05, 3.63) is 35.4 Å². The molecule has 0 spiro atoms. The number of esters is 1. The first-order valence-corrected chi connectivity index (χ1v) is 11.2. The van der Waals surface area contributed by atoms with Crippen molar-refractivity contribution in [2.75, 3.05) is 70.8 Å². The highest BCUT2D eigenvalue weighted by Crippen LogP contribution is 1.99. The lowest BCUT2D eigenvalue weighted by molar-refractivity contribution is -0.138. The Morgan fingerprint density at radius 3 is 0.949 bits per heavy atom. The zero-order valence-electron chi connectivity index (χ0n) is 26.3. The van der Waals surface area contributed by atoms with Crippen LogP contribution in [0.1, 0.15) is 31.9 Å². The number of nitrogens with one attached hydrogen (secondary N) is 2. The molecule has 0 aliphatic heterocycles. The van der Waals surface area contributed by atoms with Gasteiger partial charge in [0, 0.05) is 63.2 Å². The van der Waals surface area contributed by atoms with Crippen molar-refractivity contribution < 1.29 is 47.7 Å². The molecule has 1 rings (SSSR count). The number of ether oxygens (including phenoxy) is 5. The van der Waals surface area contributed by atoms with Crippen LogP contribution in [0.3, 0.4) is 0 Å². The monoisotopic (exact) mass is 565 g/mol. The van der Waals surface area contributed by atoms with E-state index in [0.29, 0.717) is 0 Å². The fourth-order valence-electron chi connectivity index (χ4n) is 0.822. The Morgan fingerprint density at radius 2 is 0.897 bits per heavy atom. The van der Waals surface area contributed by atoms with Gasteiger partial charge in [-0.1, -0.05) is 35.4 Å². The zero-order chi connectivity index (χ0) is 32.4. The lowest BCUT2D eigenvalue weighted by Crippen LogP contribution is -2.17. The van der Waals surface area contributed by atoms with E-state index in [1.165, 1.54) is 72.3 Å². The van der Waals surface area contributed by atoms with Gasteiger partial charge < -0.3 is 39.2 Å². The molecule has 0 saturated heterocycles. The van der Waals surface area contributed by atoms with Gasteiger partial charge in [0.1, 0.15) is 0 Å². The number of benzene rings is 1. The second-order valence-corrected chi connectivity index (χ2v) is 6.88. The third-order valence-electron chi connectivity index (χ3n) is 3.21. The quantitative estimate of drug-likeness (QED) is 0.354. The van der Waals surface area contributed by atoms with Crippen LogP contribution in [0.2, 0.25) is 0 Å². The van der Waals surface area contributed by atoms with Gasteiger partial charge in [0.2, 0.25) is 11.8 Å². The molecule has 0 radical (unpaired) electrons. The standard InChI is InChI=1S/C8H10.C4H9NO.C3H7NO2.C3H7NO.C3H6O3.C3H6O2.C2H6O/c1-7-3-5-8(2)6-4-7;1-4(6)5(2)3;1-4-3(5)6-2;1-3(5)4-2;1-5-3(4)6-2;1-3(4)5-2;1-3-2/h3-6H,1-2H3;1-3H3;1-2H3,(H,4,5);1-2H3,(H,4,5);1-2H3;1-2H3;1-2H3. The van der Waals surface area contributed by atoms with Gasteiger partial charge >= 0.3 is 18.2 Å². The fraction of sp³-hybridized carbons (Fsp3) is 0.577. The molecule has 3 amide bonds. The van der Waals surface area contributed by atoms with Gasteiger partial charge in [0.25, 0.3) is 0 Å². The van der Waals surface area contributed by atoms with Crippen LogP contribution in [0.25, 0.3) is 0 Å². The summed E-state index contributed by atoms with van der Waals surface area (Å²) in [5.74, 6) is -0.148. The molecule has 1 aromatic carbocycles. The number of aryl methyl sites for hydroxylation is 2. The maximum absolute atomic E-state index is 10.1. The molecule has 0 atom stereocenters. The lowest BCUT2D eigenvalue weighted by Gasteiger charge is -2.02.